The summed E-state index contributed by atoms with van der Waals surface area (Å²) in [6, 6.07) is 29.0. The van der Waals surface area contributed by atoms with Gasteiger partial charge in [0.15, 0.2) is 0 Å². The van der Waals surface area contributed by atoms with Gasteiger partial charge in [0, 0.05) is 216 Å². The van der Waals surface area contributed by atoms with Crippen molar-refractivity contribution in [2.75, 3.05) is 0 Å². The molecular weight excluding hydrogens is 743 g/mol. The standard InChI is InChI=1S/C34H38O2.B28/c1-23-17-29(25-19-26(33(2,3)4)21-27(20-25)34(5,6)7)32(36-22-24-13-9-8-10-14-24)30(18-23)28-15-11-12-16-31(28)35;1-16(2)23(15)27(24(17(3)4)18(5)6)28(25(19(7)8)20(9)10)26(21(11)12)22(13)14/h8-21,35H,22H2,1-7H3;. The summed E-state index contributed by atoms with van der Waals surface area (Å²) in [7, 11) is 89.6. The molecule has 0 amide bonds. The Labute approximate surface area is 413 Å². The van der Waals surface area contributed by atoms with Crippen molar-refractivity contribution in [1.82, 2.24) is 0 Å². The van der Waals surface area contributed by atoms with E-state index in [1.54, 1.807) is 6.07 Å². The van der Waals surface area contributed by atoms with E-state index in [0.717, 1.165) is 39.1 Å². The lowest BCUT2D eigenvalue weighted by atomic mass is 8.32. The summed E-state index contributed by atoms with van der Waals surface area (Å²) in [6.45, 7) is 16.1. The van der Waals surface area contributed by atoms with Gasteiger partial charge in [0.25, 0.3) is 0 Å². The Balaban J connectivity index is 0.000000354. The fraction of sp³-hybridized carbons (Fsp3) is 0.294. The van der Waals surface area contributed by atoms with Crippen LogP contribution in [0, 0.1) is 6.92 Å². The number of rotatable bonds is 17. The van der Waals surface area contributed by atoms with Crippen molar-refractivity contribution in [2.45, 2.75) is 65.9 Å². The number of benzene rings is 4. The fourth-order valence-corrected chi connectivity index (χ4v) is 8.53. The summed E-state index contributed by atoms with van der Waals surface area (Å²) >= 11 is 0. The maximum Gasteiger partial charge on any atom is 0.135 e. The first kappa shape index (κ1) is 56.6. The molecule has 4 aromatic carbocycles. The van der Waals surface area contributed by atoms with E-state index in [1.807, 2.05) is 36.4 Å². The molecule has 0 saturated heterocycles. The number of para-hydroxylation sites is 1. The van der Waals surface area contributed by atoms with E-state index in [2.05, 4.69) is 90.9 Å². The van der Waals surface area contributed by atoms with Crippen molar-refractivity contribution >= 4 is 199 Å². The molecule has 30 heteroatoms. The molecule has 4 aromatic rings. The number of hydrogen-bond acceptors (Lipinski definition) is 2. The van der Waals surface area contributed by atoms with E-state index in [-0.39, 0.29) is 16.6 Å². The molecule has 0 heterocycles. The molecule has 0 unspecified atom stereocenters. The van der Waals surface area contributed by atoms with Gasteiger partial charge in [-0.25, -0.2) is 0 Å². The average molecular weight is 781 g/mol. The van der Waals surface area contributed by atoms with Gasteiger partial charge in [-0.15, -0.1) is 0 Å². The second kappa shape index (κ2) is 24.5. The predicted octanol–water partition coefficient (Wildman–Crippen LogP) is -1.45. The molecule has 64 heavy (non-hydrogen) atoms. The maximum absolute atomic E-state index is 10.8. The number of aryl methyl sites for hydroxylation is 1. The van der Waals surface area contributed by atoms with Crippen LogP contribution in [0.5, 0.6) is 11.5 Å². The van der Waals surface area contributed by atoms with Gasteiger partial charge in [0.05, 0.1) is 0 Å². The molecule has 30 radical (unpaired) electrons. The van der Waals surface area contributed by atoms with Crippen LogP contribution in [0.4, 0.5) is 0 Å². The molecular formula is C34H38B28O2. The van der Waals surface area contributed by atoms with Crippen LogP contribution in [0.3, 0.4) is 0 Å². The quantitative estimate of drug-likeness (QED) is 0.133. The van der Waals surface area contributed by atoms with Crippen LogP contribution < -0.4 is 4.74 Å². The number of hydrogen-bond donors (Lipinski definition) is 1. The van der Waals surface area contributed by atoms with Crippen molar-refractivity contribution in [1.29, 1.82) is 0 Å². The molecule has 0 aliphatic heterocycles. The van der Waals surface area contributed by atoms with Gasteiger partial charge in [-0.2, -0.15) is 0 Å². The fourth-order valence-electron chi connectivity index (χ4n) is 8.53. The van der Waals surface area contributed by atoms with E-state index >= 15 is 0 Å². The van der Waals surface area contributed by atoms with Crippen molar-refractivity contribution in [3.8, 4) is 33.8 Å². The van der Waals surface area contributed by atoms with Crippen molar-refractivity contribution in [3.63, 3.8) is 0 Å². The van der Waals surface area contributed by atoms with E-state index in [4.69, 9.17) is 121 Å². The molecule has 0 aliphatic rings. The van der Waals surface area contributed by atoms with Crippen LogP contribution in [0.2, 0.25) is 0 Å². The van der Waals surface area contributed by atoms with Crippen LogP contribution in [-0.4, -0.2) is 204 Å². The highest BCUT2D eigenvalue weighted by Crippen LogP contribution is 2.45. The summed E-state index contributed by atoms with van der Waals surface area (Å²) in [5, 5.41) is 10.8. The average Bonchev–Trinajstić information content (AvgIpc) is 3.17. The van der Waals surface area contributed by atoms with Gasteiger partial charge in [0.2, 0.25) is 0 Å². The molecule has 0 bridgehead atoms. The Bertz CT molecular complexity index is 1980. The predicted molar refractivity (Wildman–Crippen MR) is 313 cm³/mol. The highest BCUT2D eigenvalue weighted by Gasteiger charge is 2.51. The molecule has 1 N–H and O–H groups in total. The Hall–Kier alpha value is -1.70. The highest BCUT2D eigenvalue weighted by molar-refractivity contribution is 8.26. The number of phenols is 1. The second-order valence-corrected chi connectivity index (χ2v) is 19.3. The van der Waals surface area contributed by atoms with Crippen LogP contribution in [0.25, 0.3) is 22.3 Å². The summed E-state index contributed by atoms with van der Waals surface area (Å²) in [5.74, 6) is 1.04. The van der Waals surface area contributed by atoms with Crippen LogP contribution in [0.1, 0.15) is 63.8 Å². The minimum absolute atomic E-state index is 0.00538. The van der Waals surface area contributed by atoms with Crippen molar-refractivity contribution < 1.29 is 9.84 Å². The minimum Gasteiger partial charge on any atom is -0.507 e. The van der Waals surface area contributed by atoms with Crippen LogP contribution >= 0.6 is 0 Å². The molecule has 0 atom stereocenters. The first-order chi connectivity index (χ1) is 29.6. The summed E-state index contributed by atoms with van der Waals surface area (Å²) < 4.78 is 6.61. The lowest BCUT2D eigenvalue weighted by Crippen LogP contribution is -2.87. The van der Waals surface area contributed by atoms with Gasteiger partial charge in [-0.3, -0.25) is 0 Å². The Morgan fingerprint density at radius 3 is 1.27 bits per heavy atom. The summed E-state index contributed by atoms with van der Waals surface area (Å²) in [6.07, 6.45) is -12.2. The van der Waals surface area contributed by atoms with Gasteiger partial charge in [0.1, 0.15) is 18.1 Å². The summed E-state index contributed by atoms with van der Waals surface area (Å²) in [4.78, 5) is 0. The normalized spacial score (nSPS) is 10.9. The van der Waals surface area contributed by atoms with Crippen molar-refractivity contribution in [3.05, 3.63) is 107 Å². The van der Waals surface area contributed by atoms with Crippen LogP contribution in [-0.2, 0) is 17.4 Å². The van der Waals surface area contributed by atoms with Crippen molar-refractivity contribution in [2.24, 2.45) is 0 Å². The lowest BCUT2D eigenvalue weighted by molar-refractivity contribution is 0.308. The third kappa shape index (κ3) is 15.2. The Kier molecular flexibility index (Phi) is 21.7. The first-order valence-electron chi connectivity index (χ1n) is 21.7. The third-order valence-corrected chi connectivity index (χ3v) is 12.0. The molecule has 0 fully saturated rings. The highest BCUT2D eigenvalue weighted by atomic mass is 16.5. The molecule has 0 saturated carbocycles. The number of ether oxygens (including phenoxy) is 1. The van der Waals surface area contributed by atoms with Gasteiger partial charge >= 0.3 is 0 Å². The monoisotopic (exact) mass is 787 g/mol. The van der Waals surface area contributed by atoms with Crippen LogP contribution in [0.15, 0.2) is 84.9 Å². The first-order valence-corrected chi connectivity index (χ1v) is 21.7. The molecule has 2 nitrogen and oxygen atoms in total. The zero-order valence-corrected chi connectivity index (χ0v) is 38.8. The number of aromatic hydroxyl groups is 1. The minimum atomic E-state index is -1.03. The largest absolute Gasteiger partial charge is 0.507 e. The zero-order valence-electron chi connectivity index (χ0n) is 38.8. The van der Waals surface area contributed by atoms with Gasteiger partial charge < -0.3 is 9.84 Å². The number of phenolic OH excluding ortho intramolecular Hbond substituents is 1. The Morgan fingerprint density at radius 1 is 0.453 bits per heavy atom. The molecule has 0 aromatic heterocycles. The SMILES string of the molecule is Cc1cc(-c2cc(C(C)(C)C)cc(C(C)(C)C)c2)c(OCc2ccccc2)c(-c2ccccc2O)c1.[B]B([B])B([B])B(B(B([B])[B])B([B])[B])B(B(B([B])[B])B([B])[B])B(B([B])[B])B([B])[B]. The van der Waals surface area contributed by atoms with E-state index in [0.29, 0.717) is 6.61 Å². The second-order valence-electron chi connectivity index (χ2n) is 19.3. The molecule has 0 aliphatic carbocycles. The smallest absolute Gasteiger partial charge is 0.135 e. The Morgan fingerprint density at radius 2 is 0.859 bits per heavy atom. The maximum atomic E-state index is 10.8. The zero-order chi connectivity index (χ0) is 48.6. The molecule has 4 rings (SSSR count). The van der Waals surface area contributed by atoms with E-state index in [1.165, 1.54) is 11.1 Å². The third-order valence-electron chi connectivity index (χ3n) is 12.0. The molecule has 0 spiro atoms. The summed E-state index contributed by atoms with van der Waals surface area (Å²) in [5.41, 5.74) is 8.67. The van der Waals surface area contributed by atoms with E-state index < -0.39 is 83.0 Å². The lowest BCUT2D eigenvalue weighted by Gasteiger charge is -2.49. The van der Waals surface area contributed by atoms with Gasteiger partial charge in [-0.05, 0) is 63.8 Å². The topological polar surface area (TPSA) is 29.5 Å². The van der Waals surface area contributed by atoms with E-state index in [9.17, 15) is 5.11 Å². The molecule has 270 valence electrons. The van der Waals surface area contributed by atoms with Gasteiger partial charge in [-0.1, -0.05) is 108 Å².